The number of carbonyl (C=O) groups excluding carboxylic acids is 2. The van der Waals surface area contributed by atoms with E-state index in [1.165, 1.54) is 23.5 Å². The Balaban J connectivity index is 0.000000164. The highest BCUT2D eigenvalue weighted by Crippen LogP contribution is 2.33. The fourth-order valence-corrected chi connectivity index (χ4v) is 8.59. The molecule has 0 N–H and O–H groups in total. The molecule has 4 aromatic rings. The Bertz CT molecular complexity index is 2100. The lowest BCUT2D eigenvalue weighted by atomic mass is 10.2. The molecule has 10 nitrogen and oxygen atoms in total. The van der Waals surface area contributed by atoms with E-state index < -0.39 is 0 Å². The second kappa shape index (κ2) is 17.3. The van der Waals surface area contributed by atoms with Crippen LogP contribution in [0.1, 0.15) is 11.1 Å². The molecule has 0 spiro atoms. The zero-order chi connectivity index (χ0) is 36.7. The van der Waals surface area contributed by atoms with Gasteiger partial charge in [-0.3, -0.25) is 9.59 Å². The number of anilines is 2. The maximum atomic E-state index is 12.3. The SMILES string of the molecule is O=C1N=C(N2CCN(c3ncccc3Cl)CC2)SC1=Cc1ccc(Br)cc1.O=C1N=C(N2CCN(c3ncccc3Cl)CC2)SC1=Cc1ccccc1. The van der Waals surface area contributed by atoms with Gasteiger partial charge >= 0.3 is 0 Å². The average molecular weight is 849 g/mol. The number of rotatable bonds is 4. The molecular weight excluding hydrogens is 815 g/mol. The third-order valence-electron chi connectivity index (χ3n) is 8.66. The Kier molecular flexibility index (Phi) is 12.2. The summed E-state index contributed by atoms with van der Waals surface area (Å²) in [4.78, 5) is 51.7. The smallest absolute Gasteiger partial charge is 0.286 e. The highest BCUT2D eigenvalue weighted by molar-refractivity contribution is 9.10. The molecule has 0 bridgehead atoms. The normalized spacial score (nSPS) is 19.1. The van der Waals surface area contributed by atoms with Gasteiger partial charge in [-0.1, -0.05) is 81.6 Å². The number of pyridine rings is 2. The van der Waals surface area contributed by atoms with Crippen LogP contribution in [0.3, 0.4) is 0 Å². The molecule has 2 aromatic carbocycles. The highest BCUT2D eigenvalue weighted by Gasteiger charge is 2.30. The second-order valence-electron chi connectivity index (χ2n) is 12.1. The van der Waals surface area contributed by atoms with Crippen LogP contribution < -0.4 is 9.80 Å². The zero-order valence-corrected chi connectivity index (χ0v) is 33.0. The van der Waals surface area contributed by atoms with Crippen LogP contribution in [-0.4, -0.2) is 94.3 Å². The summed E-state index contributed by atoms with van der Waals surface area (Å²) >= 11 is 18.8. The maximum Gasteiger partial charge on any atom is 0.286 e. The lowest BCUT2D eigenvalue weighted by Crippen LogP contribution is -2.48. The molecule has 2 saturated heterocycles. The van der Waals surface area contributed by atoms with E-state index >= 15 is 0 Å². The van der Waals surface area contributed by atoms with E-state index in [1.54, 1.807) is 12.4 Å². The predicted molar refractivity (Wildman–Crippen MR) is 223 cm³/mol. The van der Waals surface area contributed by atoms with Gasteiger partial charge in [-0.25, -0.2) is 9.97 Å². The lowest BCUT2D eigenvalue weighted by molar-refractivity contribution is -0.114. The second-order valence-corrected chi connectivity index (χ2v) is 15.9. The minimum Gasteiger partial charge on any atom is -0.352 e. The first kappa shape index (κ1) is 37.2. The number of halogens is 3. The van der Waals surface area contributed by atoms with Crippen molar-refractivity contribution < 1.29 is 9.59 Å². The molecule has 4 aliphatic heterocycles. The van der Waals surface area contributed by atoms with Crippen molar-refractivity contribution in [3.8, 4) is 0 Å². The van der Waals surface area contributed by atoms with E-state index in [0.717, 1.165) is 89.9 Å². The van der Waals surface area contributed by atoms with Crippen molar-refractivity contribution in [3.63, 3.8) is 0 Å². The number of carbonyl (C=O) groups is 2. The minimum atomic E-state index is -0.173. The summed E-state index contributed by atoms with van der Waals surface area (Å²) < 4.78 is 1.01. The van der Waals surface area contributed by atoms with Crippen LogP contribution in [0.4, 0.5) is 11.6 Å². The van der Waals surface area contributed by atoms with E-state index in [1.807, 2.05) is 91.0 Å². The number of hydrogen-bond acceptors (Lipinski definition) is 10. The molecule has 270 valence electrons. The number of aliphatic imine (C=N–C) groups is 2. The largest absolute Gasteiger partial charge is 0.352 e. The summed E-state index contributed by atoms with van der Waals surface area (Å²) in [5.74, 6) is 1.29. The first-order chi connectivity index (χ1) is 25.8. The molecule has 0 unspecified atom stereocenters. The van der Waals surface area contributed by atoms with Gasteiger partial charge in [0.05, 0.1) is 19.9 Å². The molecule has 2 fully saturated rings. The third kappa shape index (κ3) is 9.33. The van der Waals surface area contributed by atoms with Crippen molar-refractivity contribution in [3.05, 3.63) is 127 Å². The Morgan fingerprint density at radius 1 is 0.547 bits per heavy atom. The monoisotopic (exact) mass is 846 g/mol. The molecular formula is C38H33BrCl2N8O2S2. The number of amides is 2. The van der Waals surface area contributed by atoms with Gasteiger partial charge in [0.1, 0.15) is 11.6 Å². The quantitative estimate of drug-likeness (QED) is 0.189. The highest BCUT2D eigenvalue weighted by atomic mass is 79.9. The Morgan fingerprint density at radius 2 is 0.962 bits per heavy atom. The fourth-order valence-electron chi connectivity index (χ4n) is 5.92. The maximum absolute atomic E-state index is 12.3. The molecule has 0 aliphatic carbocycles. The summed E-state index contributed by atoms with van der Waals surface area (Å²) in [5, 5.41) is 2.88. The van der Waals surface area contributed by atoms with Gasteiger partial charge in [-0.05, 0) is 83.2 Å². The first-order valence-corrected chi connectivity index (χ1v) is 20.1. The van der Waals surface area contributed by atoms with E-state index in [4.69, 9.17) is 23.2 Å². The summed E-state index contributed by atoms with van der Waals surface area (Å²) in [6.45, 7) is 6.28. The summed E-state index contributed by atoms with van der Waals surface area (Å²) in [6, 6.07) is 25.1. The van der Waals surface area contributed by atoms with Gasteiger partial charge in [-0.2, -0.15) is 9.98 Å². The van der Waals surface area contributed by atoms with Crippen molar-refractivity contribution >= 4 is 109 Å². The van der Waals surface area contributed by atoms with Crippen molar-refractivity contribution in [1.29, 1.82) is 0 Å². The topological polar surface area (TPSA) is 97.6 Å². The van der Waals surface area contributed by atoms with Crippen LogP contribution in [0.5, 0.6) is 0 Å². The third-order valence-corrected chi connectivity index (χ3v) is 11.9. The van der Waals surface area contributed by atoms with Crippen molar-refractivity contribution in [2.75, 3.05) is 62.2 Å². The van der Waals surface area contributed by atoms with Gasteiger partial charge in [-0.15, -0.1) is 0 Å². The molecule has 4 aliphatic rings. The molecule has 6 heterocycles. The Labute approximate surface area is 334 Å². The number of benzene rings is 2. The summed E-state index contributed by atoms with van der Waals surface area (Å²) in [5.41, 5.74) is 1.99. The van der Waals surface area contributed by atoms with Crippen LogP contribution >= 0.6 is 62.7 Å². The number of amidine groups is 2. The molecule has 53 heavy (non-hydrogen) atoms. The molecule has 8 rings (SSSR count). The average Bonchev–Trinajstić information content (AvgIpc) is 3.74. The van der Waals surface area contributed by atoms with E-state index in [9.17, 15) is 9.59 Å². The van der Waals surface area contributed by atoms with Gasteiger partial charge in [0.2, 0.25) is 0 Å². The van der Waals surface area contributed by atoms with Crippen LogP contribution in [0, 0.1) is 0 Å². The van der Waals surface area contributed by atoms with Gasteiger partial charge < -0.3 is 19.6 Å². The van der Waals surface area contributed by atoms with Crippen molar-refractivity contribution in [2.24, 2.45) is 9.98 Å². The van der Waals surface area contributed by atoms with Gasteiger partial charge in [0.25, 0.3) is 11.8 Å². The van der Waals surface area contributed by atoms with Crippen LogP contribution in [0.25, 0.3) is 12.2 Å². The number of piperazine rings is 2. The summed E-state index contributed by atoms with van der Waals surface area (Å²) in [6.07, 6.45) is 7.29. The summed E-state index contributed by atoms with van der Waals surface area (Å²) in [7, 11) is 0. The Morgan fingerprint density at radius 3 is 1.40 bits per heavy atom. The molecule has 15 heteroatoms. The first-order valence-electron chi connectivity index (χ1n) is 16.9. The number of thioether (sulfide) groups is 2. The van der Waals surface area contributed by atoms with Crippen LogP contribution in [0.15, 0.2) is 116 Å². The van der Waals surface area contributed by atoms with Crippen molar-refractivity contribution in [1.82, 2.24) is 19.8 Å². The van der Waals surface area contributed by atoms with Gasteiger partial charge in [0, 0.05) is 69.2 Å². The Hall–Kier alpha value is -4.14. The van der Waals surface area contributed by atoms with E-state index in [0.29, 0.717) is 19.9 Å². The standard InChI is InChI=1S/C19H16BrClN4OS.C19H17ClN4OS/c20-14-5-3-13(4-6-14)12-16-18(26)23-19(27-16)25-10-8-24(9-11-25)17-15(21)2-1-7-22-17;20-15-7-4-8-21-17(15)23-9-11-24(12-10-23)19-22-18(25)16(26-19)13-14-5-2-1-3-6-14/h1-7,12H,8-11H2;1-8,13H,9-12H2. The number of hydrogen-bond donors (Lipinski definition) is 0. The molecule has 0 atom stereocenters. The molecule has 2 amide bonds. The van der Waals surface area contributed by atoms with E-state index in [-0.39, 0.29) is 11.8 Å². The van der Waals surface area contributed by atoms with Crippen LogP contribution in [-0.2, 0) is 9.59 Å². The molecule has 0 saturated carbocycles. The minimum absolute atomic E-state index is 0.163. The molecule has 0 radical (unpaired) electrons. The predicted octanol–water partition coefficient (Wildman–Crippen LogP) is 7.82. The van der Waals surface area contributed by atoms with Crippen molar-refractivity contribution in [2.45, 2.75) is 0 Å². The van der Waals surface area contributed by atoms with Gasteiger partial charge in [0.15, 0.2) is 10.3 Å². The zero-order valence-electron chi connectivity index (χ0n) is 28.3. The number of aromatic nitrogens is 2. The number of nitrogens with zero attached hydrogens (tertiary/aromatic N) is 8. The van der Waals surface area contributed by atoms with E-state index in [2.05, 4.69) is 55.5 Å². The fraction of sp³-hybridized carbons (Fsp3) is 0.211. The van der Waals surface area contributed by atoms with Crippen LogP contribution in [0.2, 0.25) is 10.0 Å². The molecule has 2 aromatic heterocycles. The lowest BCUT2D eigenvalue weighted by Gasteiger charge is -2.36.